The van der Waals surface area contributed by atoms with Crippen molar-refractivity contribution in [3.8, 4) is 0 Å². The molecular weight excluding hydrogens is 386 g/mol. The van der Waals surface area contributed by atoms with E-state index in [1.807, 2.05) is 36.6 Å². The number of carbonyl (C=O) groups is 1. The smallest absolute Gasteiger partial charge is 0.282 e. The summed E-state index contributed by atoms with van der Waals surface area (Å²) in [6.45, 7) is 0. The predicted octanol–water partition coefficient (Wildman–Crippen LogP) is 6.17. The Labute approximate surface area is 168 Å². The van der Waals surface area contributed by atoms with Gasteiger partial charge >= 0.3 is 0 Å². The number of hydrogen-bond donors (Lipinski definition) is 1. The Balaban J connectivity index is 1.82. The van der Waals surface area contributed by atoms with Crippen molar-refractivity contribution in [3.63, 3.8) is 0 Å². The van der Waals surface area contributed by atoms with Crippen molar-refractivity contribution in [1.29, 1.82) is 0 Å². The Morgan fingerprint density at radius 2 is 1.66 bits per heavy atom. The standard InChI is InChI=1S/C23H15NO4S/c1-29-18-11-10-14-6-2-3-7-15(14)20(18)24-23(29)19(21(25)16-8-4-12-27-16)22(26)17-9-5-13-28-17/h2-13H,1H3/p+1. The van der Waals surface area contributed by atoms with Crippen LogP contribution in [0.2, 0.25) is 0 Å². The zero-order valence-corrected chi connectivity index (χ0v) is 16.3. The molecule has 1 atom stereocenters. The van der Waals surface area contributed by atoms with Crippen LogP contribution in [0.1, 0.15) is 21.3 Å². The Morgan fingerprint density at radius 3 is 2.38 bits per heavy atom. The summed E-state index contributed by atoms with van der Waals surface area (Å²) in [6, 6.07) is 18.6. The van der Waals surface area contributed by atoms with E-state index < -0.39 is 16.3 Å². The monoisotopic (exact) mass is 402 g/mol. The SMILES string of the molecule is C[s+]1c(C(C(=O)c2ccco2)=C(O)c2ccco2)nc2c3ccccc3ccc21. The number of aromatic nitrogens is 1. The highest BCUT2D eigenvalue weighted by atomic mass is 32.2. The van der Waals surface area contributed by atoms with Crippen LogP contribution in [-0.2, 0) is 6.26 Å². The molecule has 0 amide bonds. The molecule has 1 unspecified atom stereocenters. The minimum absolute atomic E-state index is 0.0982. The van der Waals surface area contributed by atoms with E-state index in [-0.39, 0.29) is 22.9 Å². The van der Waals surface area contributed by atoms with Crippen molar-refractivity contribution in [2.75, 3.05) is 0 Å². The second-order valence-electron chi connectivity index (χ2n) is 6.57. The molecule has 0 saturated heterocycles. The summed E-state index contributed by atoms with van der Waals surface area (Å²) in [4.78, 5) is 18.1. The van der Waals surface area contributed by atoms with Gasteiger partial charge in [-0.25, -0.2) is 0 Å². The number of ketones is 1. The molecule has 3 aromatic heterocycles. The molecular formula is C23H16NO4S+. The first kappa shape index (κ1) is 17.5. The molecule has 6 heteroatoms. The fraction of sp³-hybridized carbons (Fsp3) is 0.0435. The quantitative estimate of drug-likeness (QED) is 0.168. The number of carbonyl (C=O) groups excluding carboxylic acids is 1. The third-order valence-corrected chi connectivity index (χ3v) is 6.74. The summed E-state index contributed by atoms with van der Waals surface area (Å²) in [6.07, 6.45) is 4.88. The molecule has 2 aromatic carbocycles. The number of aliphatic hydroxyl groups excluding tert-OH is 1. The van der Waals surface area contributed by atoms with Crippen molar-refractivity contribution in [3.05, 3.63) is 89.7 Å². The summed E-state index contributed by atoms with van der Waals surface area (Å²) in [5.74, 6) is -0.329. The van der Waals surface area contributed by atoms with Crippen LogP contribution in [0.3, 0.4) is 0 Å². The van der Waals surface area contributed by atoms with Crippen LogP contribution in [0, 0.1) is 0 Å². The van der Waals surface area contributed by atoms with E-state index in [1.54, 1.807) is 24.3 Å². The van der Waals surface area contributed by atoms with Gasteiger partial charge in [-0.3, -0.25) is 4.79 Å². The fourth-order valence-corrected chi connectivity index (χ4v) is 5.10. The van der Waals surface area contributed by atoms with Crippen molar-refractivity contribution >= 4 is 48.6 Å². The van der Waals surface area contributed by atoms with Crippen molar-refractivity contribution in [2.24, 2.45) is 6.26 Å². The highest BCUT2D eigenvalue weighted by molar-refractivity contribution is 7.36. The number of rotatable bonds is 4. The van der Waals surface area contributed by atoms with Gasteiger partial charge in [-0.05, 0) is 35.7 Å². The second-order valence-corrected chi connectivity index (χ2v) is 8.42. The summed E-state index contributed by atoms with van der Waals surface area (Å²) in [7, 11) is -0.508. The van der Waals surface area contributed by atoms with Crippen LogP contribution < -0.4 is 0 Å². The van der Waals surface area contributed by atoms with Gasteiger partial charge in [0.15, 0.2) is 22.9 Å². The van der Waals surface area contributed by atoms with Gasteiger partial charge in [0.25, 0.3) is 5.01 Å². The van der Waals surface area contributed by atoms with E-state index in [9.17, 15) is 9.90 Å². The van der Waals surface area contributed by atoms with Crippen LogP contribution in [-0.4, -0.2) is 15.9 Å². The van der Waals surface area contributed by atoms with Gasteiger partial charge in [0, 0.05) is 21.9 Å². The average molecular weight is 402 g/mol. The Bertz CT molecular complexity index is 1380. The molecule has 0 spiro atoms. The number of hydrogen-bond acceptors (Lipinski definition) is 5. The van der Waals surface area contributed by atoms with Crippen molar-refractivity contribution in [2.45, 2.75) is 0 Å². The topological polar surface area (TPSA) is 76.5 Å². The zero-order valence-electron chi connectivity index (χ0n) is 15.5. The number of aryl methyl sites for hydroxylation is 1. The molecule has 0 aliphatic heterocycles. The van der Waals surface area contributed by atoms with E-state index in [0.29, 0.717) is 5.01 Å². The fourth-order valence-electron chi connectivity index (χ4n) is 3.45. The van der Waals surface area contributed by atoms with Gasteiger partial charge in [0.05, 0.1) is 12.5 Å². The van der Waals surface area contributed by atoms with Crippen LogP contribution in [0.25, 0.3) is 32.3 Å². The van der Waals surface area contributed by atoms with Gasteiger partial charge in [-0.15, -0.1) is 0 Å². The number of thiazole rings is 1. The number of benzene rings is 2. The van der Waals surface area contributed by atoms with Gasteiger partial charge in [0.1, 0.15) is 11.8 Å². The molecule has 1 N–H and O–H groups in total. The van der Waals surface area contributed by atoms with Gasteiger partial charge in [-0.2, -0.15) is 4.98 Å². The number of nitrogens with zero attached hydrogens (tertiary/aromatic N) is 1. The lowest BCUT2D eigenvalue weighted by atomic mass is 10.1. The highest BCUT2D eigenvalue weighted by Gasteiger charge is 2.34. The van der Waals surface area contributed by atoms with Crippen LogP contribution in [0.4, 0.5) is 0 Å². The number of Topliss-reactive ketones (excluding diaryl/α,β-unsaturated/α-hetero) is 1. The molecule has 0 radical (unpaired) electrons. The molecule has 29 heavy (non-hydrogen) atoms. The molecule has 0 fully saturated rings. The molecule has 0 aliphatic rings. The molecule has 142 valence electrons. The van der Waals surface area contributed by atoms with Crippen LogP contribution >= 0.6 is 10.5 Å². The summed E-state index contributed by atoms with van der Waals surface area (Å²) < 4.78 is 11.7. The molecule has 5 nitrogen and oxygen atoms in total. The van der Waals surface area contributed by atoms with E-state index in [2.05, 4.69) is 6.07 Å². The maximum atomic E-state index is 13.3. The summed E-state index contributed by atoms with van der Waals surface area (Å²) >= 11 is 0. The van der Waals surface area contributed by atoms with Gasteiger partial charge in [0.2, 0.25) is 10.5 Å². The van der Waals surface area contributed by atoms with E-state index in [4.69, 9.17) is 13.8 Å². The largest absolute Gasteiger partial charge is 0.504 e. The maximum absolute atomic E-state index is 13.3. The van der Waals surface area contributed by atoms with Gasteiger partial charge < -0.3 is 13.9 Å². The Hall–Kier alpha value is -3.64. The number of furan rings is 2. The van der Waals surface area contributed by atoms with E-state index in [0.717, 1.165) is 21.0 Å². The first-order chi connectivity index (χ1) is 14.1. The summed E-state index contributed by atoms with van der Waals surface area (Å²) in [5, 5.41) is 13.6. The first-order valence-electron chi connectivity index (χ1n) is 8.97. The summed E-state index contributed by atoms with van der Waals surface area (Å²) in [5.41, 5.74) is 0.932. The molecule has 0 bridgehead atoms. The normalized spacial score (nSPS) is 13.1. The molecule has 3 heterocycles. The number of aliphatic hydroxyl groups is 1. The van der Waals surface area contributed by atoms with Gasteiger partial charge in [-0.1, -0.05) is 24.3 Å². The second kappa shape index (κ2) is 6.76. The average Bonchev–Trinajstić information content (AvgIpc) is 3.50. The minimum atomic E-state index is -0.508. The highest BCUT2D eigenvalue weighted by Crippen LogP contribution is 2.41. The van der Waals surface area contributed by atoms with E-state index in [1.165, 1.54) is 12.5 Å². The zero-order chi connectivity index (χ0) is 20.0. The third-order valence-electron chi connectivity index (χ3n) is 4.87. The van der Waals surface area contributed by atoms with E-state index >= 15 is 0 Å². The maximum Gasteiger partial charge on any atom is 0.282 e. The van der Waals surface area contributed by atoms with Crippen molar-refractivity contribution < 1.29 is 18.7 Å². The minimum Gasteiger partial charge on any atom is -0.504 e. The van der Waals surface area contributed by atoms with Crippen LogP contribution in [0.5, 0.6) is 0 Å². The molecule has 0 aliphatic carbocycles. The third kappa shape index (κ3) is 2.77. The van der Waals surface area contributed by atoms with Crippen LogP contribution in [0.15, 0.2) is 82.0 Å². The van der Waals surface area contributed by atoms with Crippen molar-refractivity contribution in [1.82, 2.24) is 4.98 Å². The first-order valence-corrected chi connectivity index (χ1v) is 10.6. The Morgan fingerprint density at radius 1 is 0.931 bits per heavy atom. The molecule has 0 saturated carbocycles. The lowest BCUT2D eigenvalue weighted by Crippen LogP contribution is -2.05. The lowest BCUT2D eigenvalue weighted by Gasteiger charge is -2.03. The number of fused-ring (bicyclic) bond motifs is 3. The predicted molar refractivity (Wildman–Crippen MR) is 114 cm³/mol. The lowest BCUT2D eigenvalue weighted by molar-refractivity contribution is 0.103. The molecule has 5 aromatic rings. The Kier molecular flexibility index (Phi) is 4.07. The number of allylic oxidation sites excluding steroid dienone is 1. The molecule has 5 rings (SSSR count).